The average molecular weight is 584 g/mol. The summed E-state index contributed by atoms with van der Waals surface area (Å²) in [5.74, 6) is 0.799. The molecule has 0 bridgehead atoms. The summed E-state index contributed by atoms with van der Waals surface area (Å²) in [4.78, 5) is 8.52. The van der Waals surface area contributed by atoms with Gasteiger partial charge in [-0.2, -0.15) is 4.98 Å². The van der Waals surface area contributed by atoms with Crippen LogP contribution < -0.4 is 28.4 Å². The van der Waals surface area contributed by atoms with E-state index in [4.69, 9.17) is 49.9 Å². The zero-order valence-corrected chi connectivity index (χ0v) is 22.6. The first-order valence-electron chi connectivity index (χ1n) is 11.5. The minimum Gasteiger partial charge on any atom is -0.497 e. The van der Waals surface area contributed by atoms with Crippen molar-refractivity contribution in [3.05, 3.63) is 47.2 Å². The molecule has 0 aliphatic carbocycles. The molecule has 0 fully saturated rings. The van der Waals surface area contributed by atoms with E-state index >= 15 is 0 Å². The summed E-state index contributed by atoms with van der Waals surface area (Å²) in [6, 6.07) is 8.86. The van der Waals surface area contributed by atoms with E-state index in [-0.39, 0.29) is 84.5 Å². The number of halogens is 1. The quantitative estimate of drug-likeness (QED) is 0.268. The number of anilines is 1. The number of rotatable bonds is 14. The molecule has 0 unspecified atom stereocenters. The minimum absolute atomic E-state index is 0.0130. The van der Waals surface area contributed by atoms with Gasteiger partial charge in [0.2, 0.25) is 12.5 Å². The molecule has 210 valence electrons. The lowest BCUT2D eigenvalue weighted by Gasteiger charge is -2.18. The van der Waals surface area contributed by atoms with Crippen molar-refractivity contribution in [2.45, 2.75) is 11.5 Å². The molecule has 0 saturated carbocycles. The van der Waals surface area contributed by atoms with E-state index in [1.54, 1.807) is 12.1 Å². The molecule has 15 heteroatoms. The van der Waals surface area contributed by atoms with Gasteiger partial charge in [-0.15, -0.1) is 0 Å². The summed E-state index contributed by atoms with van der Waals surface area (Å²) in [6.07, 6.45) is 0. The first kappa shape index (κ1) is 28.4. The van der Waals surface area contributed by atoms with E-state index in [1.165, 1.54) is 38.5 Å². The normalized spacial score (nSPS) is 12.3. The van der Waals surface area contributed by atoms with Gasteiger partial charge in [-0.05, 0) is 24.3 Å². The molecule has 0 amide bonds. The second-order valence-corrected chi connectivity index (χ2v) is 9.85. The van der Waals surface area contributed by atoms with Crippen molar-refractivity contribution in [1.29, 1.82) is 0 Å². The Labute approximate surface area is 229 Å². The molecule has 0 atom stereocenters. The molecule has 0 spiro atoms. The van der Waals surface area contributed by atoms with Crippen LogP contribution in [0.25, 0.3) is 0 Å². The third kappa shape index (κ3) is 7.10. The largest absolute Gasteiger partial charge is 0.497 e. The molecule has 1 aliphatic heterocycles. The molecule has 2 heterocycles. The summed E-state index contributed by atoms with van der Waals surface area (Å²) in [7, 11) is -1.26. The van der Waals surface area contributed by atoms with Crippen molar-refractivity contribution >= 4 is 27.4 Å². The smallest absolute Gasteiger partial charge is 0.263 e. The maximum atomic E-state index is 13.4. The highest BCUT2D eigenvalue weighted by Crippen LogP contribution is 2.41. The Morgan fingerprint density at radius 2 is 1.87 bits per heavy atom. The van der Waals surface area contributed by atoms with Crippen molar-refractivity contribution in [2.24, 2.45) is 0 Å². The Bertz CT molecular complexity index is 1410. The van der Waals surface area contributed by atoms with E-state index in [0.29, 0.717) is 11.5 Å². The van der Waals surface area contributed by atoms with Gasteiger partial charge in [-0.3, -0.25) is 4.72 Å². The van der Waals surface area contributed by atoms with Crippen molar-refractivity contribution in [3.8, 4) is 34.6 Å². The highest BCUT2D eigenvalue weighted by molar-refractivity contribution is 7.92. The second-order valence-electron chi connectivity index (χ2n) is 7.76. The molecular formula is C24H26ClN3O10S. The van der Waals surface area contributed by atoms with E-state index in [9.17, 15) is 8.42 Å². The fourth-order valence-corrected chi connectivity index (χ4v) is 4.45. The van der Waals surface area contributed by atoms with Crippen LogP contribution in [0.2, 0.25) is 5.02 Å². The number of aromatic nitrogens is 2. The minimum atomic E-state index is -4.23. The monoisotopic (exact) mass is 583 g/mol. The number of hydrogen-bond donors (Lipinski definition) is 2. The van der Waals surface area contributed by atoms with Crippen LogP contribution in [0.4, 0.5) is 5.82 Å². The maximum Gasteiger partial charge on any atom is 0.263 e. The second kappa shape index (κ2) is 13.0. The Morgan fingerprint density at radius 1 is 1.05 bits per heavy atom. The molecule has 3 aromatic rings. The summed E-state index contributed by atoms with van der Waals surface area (Å²) >= 11 is 6.34. The number of fused-ring (bicyclic) bond motifs is 1. The van der Waals surface area contributed by atoms with Gasteiger partial charge in [0.05, 0.1) is 36.8 Å². The molecule has 0 radical (unpaired) electrons. The zero-order chi connectivity index (χ0) is 27.8. The number of nitrogens with zero attached hydrogens (tertiary/aromatic N) is 2. The van der Waals surface area contributed by atoms with Crippen molar-refractivity contribution in [3.63, 3.8) is 0 Å². The molecule has 2 aromatic carbocycles. The van der Waals surface area contributed by atoms with Crippen molar-refractivity contribution in [1.82, 2.24) is 9.97 Å². The third-order valence-electron chi connectivity index (χ3n) is 5.11. The molecule has 39 heavy (non-hydrogen) atoms. The fraction of sp³-hybridized carbons (Fsp3) is 0.333. The van der Waals surface area contributed by atoms with Crippen molar-refractivity contribution in [2.75, 3.05) is 52.2 Å². The van der Waals surface area contributed by atoms with Crippen LogP contribution in [-0.4, -0.2) is 70.9 Å². The number of nitrogens with one attached hydrogen (secondary N) is 1. The van der Waals surface area contributed by atoms with Crippen LogP contribution in [0.15, 0.2) is 41.3 Å². The SMILES string of the molecule is COCCOc1nc(COCCO)nc(NS(=O)(=O)c2ccc3c(c2)OCO3)c1Oc1cc(OC)ccc1Cl. The predicted octanol–water partition coefficient (Wildman–Crippen LogP) is 2.99. The molecule has 4 rings (SSSR count). The number of aliphatic hydroxyl groups is 1. The molecule has 1 aliphatic rings. The maximum absolute atomic E-state index is 13.4. The Kier molecular flexibility index (Phi) is 9.48. The van der Waals surface area contributed by atoms with Crippen LogP contribution >= 0.6 is 11.6 Å². The summed E-state index contributed by atoms with van der Waals surface area (Å²) in [5.41, 5.74) is 0. The summed E-state index contributed by atoms with van der Waals surface area (Å²) in [5, 5.41) is 9.27. The Hall–Kier alpha value is -3.56. The molecule has 2 N–H and O–H groups in total. The van der Waals surface area contributed by atoms with Gasteiger partial charge >= 0.3 is 0 Å². The fourth-order valence-electron chi connectivity index (χ4n) is 3.28. The average Bonchev–Trinajstić information content (AvgIpc) is 3.40. The summed E-state index contributed by atoms with van der Waals surface area (Å²) < 4.78 is 67.3. The number of ether oxygens (including phenoxy) is 7. The third-order valence-corrected chi connectivity index (χ3v) is 6.76. The first-order valence-corrected chi connectivity index (χ1v) is 13.4. The lowest BCUT2D eigenvalue weighted by atomic mass is 10.3. The van der Waals surface area contributed by atoms with Gasteiger partial charge < -0.3 is 38.3 Å². The number of hydrogen-bond acceptors (Lipinski definition) is 12. The van der Waals surface area contributed by atoms with E-state index < -0.39 is 10.0 Å². The van der Waals surface area contributed by atoms with Gasteiger partial charge in [0.15, 0.2) is 23.1 Å². The van der Waals surface area contributed by atoms with Crippen molar-refractivity contribution < 1.29 is 46.7 Å². The number of sulfonamides is 1. The molecule has 13 nitrogen and oxygen atoms in total. The van der Waals surface area contributed by atoms with E-state index in [2.05, 4.69) is 14.7 Å². The van der Waals surface area contributed by atoms with E-state index in [1.807, 2.05) is 0 Å². The van der Waals surface area contributed by atoms with Crippen LogP contribution in [-0.2, 0) is 26.1 Å². The molecular weight excluding hydrogens is 558 g/mol. The van der Waals surface area contributed by atoms with Crippen LogP contribution in [0.3, 0.4) is 0 Å². The van der Waals surface area contributed by atoms with Crippen LogP contribution in [0, 0.1) is 0 Å². The van der Waals surface area contributed by atoms with Gasteiger partial charge in [0, 0.05) is 19.2 Å². The Balaban J connectivity index is 1.78. The number of benzene rings is 2. The lowest BCUT2D eigenvalue weighted by Crippen LogP contribution is -2.17. The van der Waals surface area contributed by atoms with Gasteiger partial charge in [0.1, 0.15) is 24.7 Å². The van der Waals surface area contributed by atoms with Gasteiger partial charge in [0.25, 0.3) is 15.9 Å². The molecule has 1 aromatic heterocycles. The Morgan fingerprint density at radius 3 is 2.64 bits per heavy atom. The van der Waals surface area contributed by atoms with Gasteiger partial charge in [-0.1, -0.05) is 11.6 Å². The zero-order valence-electron chi connectivity index (χ0n) is 21.0. The highest BCUT2D eigenvalue weighted by Gasteiger charge is 2.26. The number of methoxy groups -OCH3 is 2. The van der Waals surface area contributed by atoms with Crippen LogP contribution in [0.1, 0.15) is 5.82 Å². The summed E-state index contributed by atoms with van der Waals surface area (Å²) in [6.45, 7) is -0.120. The highest BCUT2D eigenvalue weighted by atomic mass is 35.5. The van der Waals surface area contributed by atoms with E-state index in [0.717, 1.165) is 0 Å². The molecule has 0 saturated heterocycles. The predicted molar refractivity (Wildman–Crippen MR) is 138 cm³/mol. The topological polar surface area (TPSA) is 157 Å². The lowest BCUT2D eigenvalue weighted by molar-refractivity contribution is 0.0769. The first-order chi connectivity index (χ1) is 18.8. The standard InChI is InChI=1S/C24H26ClN3O10S/c1-32-9-10-35-24-22(38-19-11-15(33-2)3-5-17(19)25)23(26-21(27-24)13-34-8-7-29)28-39(30,31)16-4-6-18-20(12-16)37-14-36-18/h3-6,11-12,29H,7-10,13-14H2,1-2H3,(H,26,27,28). The van der Waals surface area contributed by atoms with Gasteiger partial charge in [-0.25, -0.2) is 13.4 Å². The van der Waals surface area contributed by atoms with Crippen LogP contribution in [0.5, 0.6) is 34.6 Å². The number of aliphatic hydroxyl groups excluding tert-OH is 1.